The molecule has 2 aromatic rings. The average Bonchev–Trinajstić information content (AvgIpc) is 2.84. The summed E-state index contributed by atoms with van der Waals surface area (Å²) in [4.78, 5) is 12.0. The molecule has 0 aliphatic rings. The number of hydrogen-bond donors (Lipinski definition) is 3. The number of hydrogen-bond acceptors (Lipinski definition) is 3. The molecule has 6 heteroatoms. The third-order valence-corrected chi connectivity index (χ3v) is 3.87. The molecule has 0 spiro atoms. The molecule has 1 heterocycles. The van der Waals surface area contributed by atoms with Crippen LogP contribution in [0.4, 0.5) is 4.79 Å². The number of aliphatic hydroxyl groups excluding tert-OH is 1. The lowest BCUT2D eigenvalue weighted by Gasteiger charge is -2.17. The van der Waals surface area contributed by atoms with Crippen molar-refractivity contribution >= 4 is 6.03 Å². The van der Waals surface area contributed by atoms with Crippen LogP contribution in [0.5, 0.6) is 0 Å². The van der Waals surface area contributed by atoms with E-state index in [1.165, 1.54) is 0 Å². The molecule has 0 bridgehead atoms. The van der Waals surface area contributed by atoms with Gasteiger partial charge in [-0.05, 0) is 31.9 Å². The molecule has 0 fully saturated rings. The van der Waals surface area contributed by atoms with Gasteiger partial charge in [0.25, 0.3) is 0 Å². The molecule has 0 unspecified atom stereocenters. The maximum atomic E-state index is 12.0. The van der Waals surface area contributed by atoms with Gasteiger partial charge in [-0.2, -0.15) is 5.10 Å². The smallest absolute Gasteiger partial charge is 0.315 e. The molecular formula is C17H24N4O2. The van der Waals surface area contributed by atoms with E-state index in [1.807, 2.05) is 58.3 Å². The number of carbonyl (C=O) groups is 1. The van der Waals surface area contributed by atoms with E-state index in [2.05, 4.69) is 15.7 Å². The molecule has 1 aromatic carbocycles. The van der Waals surface area contributed by atoms with Crippen LogP contribution in [0, 0.1) is 13.8 Å². The van der Waals surface area contributed by atoms with Gasteiger partial charge in [0.2, 0.25) is 0 Å². The predicted octanol–water partition coefficient (Wildman–Crippen LogP) is 2.13. The Morgan fingerprint density at radius 3 is 2.61 bits per heavy atom. The summed E-state index contributed by atoms with van der Waals surface area (Å²) >= 11 is 0. The fourth-order valence-corrected chi connectivity index (χ4v) is 2.63. The molecule has 0 radical (unpaired) electrons. The van der Waals surface area contributed by atoms with Crippen LogP contribution in [0.2, 0.25) is 0 Å². The first-order valence-corrected chi connectivity index (χ1v) is 7.66. The van der Waals surface area contributed by atoms with E-state index in [4.69, 9.17) is 0 Å². The van der Waals surface area contributed by atoms with Gasteiger partial charge in [-0.1, -0.05) is 24.3 Å². The van der Waals surface area contributed by atoms with Gasteiger partial charge >= 0.3 is 6.03 Å². The lowest BCUT2D eigenvalue weighted by atomic mass is 10.0. The van der Waals surface area contributed by atoms with Crippen LogP contribution >= 0.6 is 0 Å². The van der Waals surface area contributed by atoms with Crippen molar-refractivity contribution in [2.45, 2.75) is 32.9 Å². The Kier molecular flexibility index (Phi) is 5.39. The molecule has 0 aliphatic heterocycles. The first kappa shape index (κ1) is 17.0. The number of nitrogens with one attached hydrogen (secondary N) is 2. The van der Waals surface area contributed by atoms with Crippen molar-refractivity contribution in [2.75, 3.05) is 6.54 Å². The molecule has 0 saturated carbocycles. The van der Waals surface area contributed by atoms with Crippen molar-refractivity contribution in [3.8, 4) is 0 Å². The van der Waals surface area contributed by atoms with Gasteiger partial charge in [0.05, 0.1) is 17.8 Å². The highest BCUT2D eigenvalue weighted by atomic mass is 16.3. The van der Waals surface area contributed by atoms with Gasteiger partial charge in [-0.3, -0.25) is 4.68 Å². The number of aryl methyl sites for hydroxylation is 3. The summed E-state index contributed by atoms with van der Waals surface area (Å²) in [5.74, 6) is 0. The summed E-state index contributed by atoms with van der Waals surface area (Å²) in [6.45, 7) is 5.91. The maximum Gasteiger partial charge on any atom is 0.315 e. The second-order valence-corrected chi connectivity index (χ2v) is 5.79. The molecule has 6 nitrogen and oxygen atoms in total. The van der Waals surface area contributed by atoms with Crippen molar-refractivity contribution < 1.29 is 9.90 Å². The van der Waals surface area contributed by atoms with Gasteiger partial charge in [-0.15, -0.1) is 0 Å². The first-order valence-electron chi connectivity index (χ1n) is 7.66. The fourth-order valence-electron chi connectivity index (χ4n) is 2.63. The van der Waals surface area contributed by atoms with Gasteiger partial charge in [-0.25, -0.2) is 4.79 Å². The third-order valence-electron chi connectivity index (χ3n) is 3.87. The van der Waals surface area contributed by atoms with Crippen molar-refractivity contribution in [2.24, 2.45) is 7.05 Å². The largest absolute Gasteiger partial charge is 0.387 e. The third kappa shape index (κ3) is 4.32. The topological polar surface area (TPSA) is 79.2 Å². The Labute approximate surface area is 136 Å². The number of nitrogens with zero attached hydrogens (tertiary/aromatic N) is 2. The van der Waals surface area contributed by atoms with Crippen LogP contribution in [0.15, 0.2) is 30.5 Å². The van der Waals surface area contributed by atoms with E-state index >= 15 is 0 Å². The minimum Gasteiger partial charge on any atom is -0.387 e. The van der Waals surface area contributed by atoms with Gasteiger partial charge in [0, 0.05) is 25.4 Å². The minimum absolute atomic E-state index is 0.153. The molecule has 0 saturated heterocycles. The Morgan fingerprint density at radius 1 is 1.30 bits per heavy atom. The zero-order valence-electron chi connectivity index (χ0n) is 14.0. The SMILES string of the molecule is Cc1ccccc1[C@H](O)CNC(=O)N[C@@H](C)c1cn(C)nc1C. The van der Waals surface area contributed by atoms with Crippen molar-refractivity contribution in [3.05, 3.63) is 52.8 Å². The zero-order chi connectivity index (χ0) is 17.0. The summed E-state index contributed by atoms with van der Waals surface area (Å²) in [5.41, 5.74) is 3.69. The van der Waals surface area contributed by atoms with Crippen LogP contribution in [0.3, 0.4) is 0 Å². The summed E-state index contributed by atoms with van der Waals surface area (Å²) < 4.78 is 1.72. The van der Waals surface area contributed by atoms with Crippen LogP contribution < -0.4 is 10.6 Å². The highest BCUT2D eigenvalue weighted by Crippen LogP contribution is 2.17. The molecule has 2 amide bonds. The standard InChI is InChI=1S/C17H24N4O2/c1-11-7-5-6-8-14(11)16(22)9-18-17(23)19-12(2)15-10-21(4)20-13(15)3/h5-8,10,12,16,22H,9H2,1-4H3,(H2,18,19,23)/t12-,16+/m0/s1. The summed E-state index contributed by atoms with van der Waals surface area (Å²) in [6.07, 6.45) is 1.17. The van der Waals surface area contributed by atoms with Crippen LogP contribution in [-0.4, -0.2) is 27.5 Å². The molecule has 2 rings (SSSR count). The molecule has 1 aromatic heterocycles. The Balaban J connectivity index is 1.88. The number of amides is 2. The lowest BCUT2D eigenvalue weighted by molar-refractivity contribution is 0.172. The van der Waals surface area contributed by atoms with E-state index < -0.39 is 6.10 Å². The Hall–Kier alpha value is -2.34. The number of aliphatic hydroxyl groups is 1. The van der Waals surface area contributed by atoms with Crippen LogP contribution in [0.1, 0.15) is 41.5 Å². The normalized spacial score (nSPS) is 13.4. The molecule has 23 heavy (non-hydrogen) atoms. The zero-order valence-corrected chi connectivity index (χ0v) is 14.0. The molecule has 124 valence electrons. The van der Waals surface area contributed by atoms with E-state index in [0.29, 0.717) is 0 Å². The summed E-state index contributed by atoms with van der Waals surface area (Å²) in [5, 5.41) is 20.0. The average molecular weight is 316 g/mol. The van der Waals surface area contributed by atoms with E-state index in [0.717, 1.165) is 22.4 Å². The van der Waals surface area contributed by atoms with Gasteiger partial charge in [0.15, 0.2) is 0 Å². The van der Waals surface area contributed by atoms with E-state index in [1.54, 1.807) is 4.68 Å². The van der Waals surface area contributed by atoms with Crippen molar-refractivity contribution in [3.63, 3.8) is 0 Å². The van der Waals surface area contributed by atoms with Gasteiger partial charge < -0.3 is 15.7 Å². The maximum absolute atomic E-state index is 12.0. The highest BCUT2D eigenvalue weighted by molar-refractivity contribution is 5.74. The Morgan fingerprint density at radius 2 is 2.00 bits per heavy atom. The summed E-state index contributed by atoms with van der Waals surface area (Å²) in [7, 11) is 1.85. The molecule has 0 aliphatic carbocycles. The number of urea groups is 1. The highest BCUT2D eigenvalue weighted by Gasteiger charge is 2.16. The van der Waals surface area contributed by atoms with E-state index in [9.17, 15) is 9.90 Å². The Bertz CT molecular complexity index is 681. The number of benzene rings is 1. The van der Waals surface area contributed by atoms with Gasteiger partial charge in [0.1, 0.15) is 0 Å². The predicted molar refractivity (Wildman–Crippen MR) is 89.0 cm³/mol. The van der Waals surface area contributed by atoms with Crippen LogP contribution in [-0.2, 0) is 7.05 Å². The fraction of sp³-hybridized carbons (Fsp3) is 0.412. The second kappa shape index (κ2) is 7.28. The summed E-state index contributed by atoms with van der Waals surface area (Å²) in [6, 6.07) is 7.13. The van der Waals surface area contributed by atoms with Crippen LogP contribution in [0.25, 0.3) is 0 Å². The quantitative estimate of drug-likeness (QED) is 0.790. The number of aromatic nitrogens is 2. The van der Waals surface area contributed by atoms with Crippen molar-refractivity contribution in [1.29, 1.82) is 0 Å². The number of rotatable bonds is 5. The minimum atomic E-state index is -0.725. The number of carbonyl (C=O) groups excluding carboxylic acids is 1. The molecule has 3 N–H and O–H groups in total. The second-order valence-electron chi connectivity index (χ2n) is 5.79. The van der Waals surface area contributed by atoms with Crippen molar-refractivity contribution in [1.82, 2.24) is 20.4 Å². The monoisotopic (exact) mass is 316 g/mol. The molecule has 2 atom stereocenters. The first-order chi connectivity index (χ1) is 10.9. The van der Waals surface area contributed by atoms with E-state index in [-0.39, 0.29) is 18.6 Å². The molecular weight excluding hydrogens is 292 g/mol. The lowest BCUT2D eigenvalue weighted by Crippen LogP contribution is -2.39.